The molecule has 0 aliphatic heterocycles. The largest absolute Gasteiger partial charge is 0.385 e. The third-order valence-electron chi connectivity index (χ3n) is 3.44. The van der Waals surface area contributed by atoms with E-state index in [0.717, 1.165) is 37.2 Å². The van der Waals surface area contributed by atoms with Gasteiger partial charge < -0.3 is 10.2 Å². The quantitative estimate of drug-likeness (QED) is 0.811. The van der Waals surface area contributed by atoms with Gasteiger partial charge in [-0.1, -0.05) is 13.8 Å². The lowest BCUT2D eigenvalue weighted by atomic mass is 10.1. The third kappa shape index (κ3) is 4.27. The summed E-state index contributed by atoms with van der Waals surface area (Å²) >= 11 is 0. The van der Waals surface area contributed by atoms with E-state index in [9.17, 15) is 4.79 Å². The summed E-state index contributed by atoms with van der Waals surface area (Å²) in [6.07, 6.45) is 2.08. The molecule has 0 saturated heterocycles. The van der Waals surface area contributed by atoms with Gasteiger partial charge in [0.1, 0.15) is 0 Å². The number of hydrogen-bond acceptors (Lipinski definition) is 2. The smallest absolute Gasteiger partial charge is 0.254 e. The number of hydrogen-bond donors (Lipinski definition) is 1. The van der Waals surface area contributed by atoms with Gasteiger partial charge in [0, 0.05) is 30.4 Å². The van der Waals surface area contributed by atoms with Crippen molar-refractivity contribution in [2.24, 2.45) is 0 Å². The maximum atomic E-state index is 12.4. The fraction of sp³-hybridized carbons (Fsp3) is 0.562. The molecule has 0 aromatic heterocycles. The van der Waals surface area contributed by atoms with Gasteiger partial charge in [0.15, 0.2) is 0 Å². The number of anilines is 1. The van der Waals surface area contributed by atoms with E-state index in [1.807, 2.05) is 36.1 Å². The Labute approximate surface area is 117 Å². The molecule has 0 spiro atoms. The first-order valence-corrected chi connectivity index (χ1v) is 7.28. The molecule has 0 heterocycles. The fourth-order valence-corrected chi connectivity index (χ4v) is 2.04. The summed E-state index contributed by atoms with van der Waals surface area (Å²) in [6.45, 7) is 10.1. The number of amides is 1. The first-order valence-electron chi connectivity index (χ1n) is 7.28. The van der Waals surface area contributed by atoms with Crippen LogP contribution in [-0.4, -0.2) is 29.9 Å². The van der Waals surface area contributed by atoms with E-state index < -0.39 is 0 Å². The van der Waals surface area contributed by atoms with E-state index in [4.69, 9.17) is 0 Å². The Bertz CT molecular complexity index is 386. The van der Waals surface area contributed by atoms with Crippen LogP contribution in [0.3, 0.4) is 0 Å². The molecule has 1 rings (SSSR count). The molecule has 1 N–H and O–H groups in total. The number of nitrogens with one attached hydrogen (secondary N) is 1. The molecule has 0 aliphatic carbocycles. The van der Waals surface area contributed by atoms with Crippen molar-refractivity contribution in [2.45, 2.75) is 46.6 Å². The van der Waals surface area contributed by atoms with Gasteiger partial charge in [-0.25, -0.2) is 0 Å². The zero-order valence-corrected chi connectivity index (χ0v) is 12.6. The van der Waals surface area contributed by atoms with Crippen molar-refractivity contribution in [3.63, 3.8) is 0 Å². The number of benzene rings is 1. The Kier molecular flexibility index (Phi) is 6.40. The van der Waals surface area contributed by atoms with Crippen molar-refractivity contribution in [1.29, 1.82) is 0 Å². The molecule has 19 heavy (non-hydrogen) atoms. The van der Waals surface area contributed by atoms with Crippen LogP contribution in [0.15, 0.2) is 24.3 Å². The lowest BCUT2D eigenvalue weighted by Crippen LogP contribution is -2.38. The second-order valence-electron chi connectivity index (χ2n) is 4.85. The number of nitrogens with zero attached hydrogens (tertiary/aromatic N) is 1. The summed E-state index contributed by atoms with van der Waals surface area (Å²) in [4.78, 5) is 14.3. The molecule has 1 aromatic rings. The normalized spacial score (nSPS) is 12.0. The fourth-order valence-electron chi connectivity index (χ4n) is 2.04. The van der Waals surface area contributed by atoms with Gasteiger partial charge in [0.2, 0.25) is 0 Å². The molecular formula is C16H26N2O. The lowest BCUT2D eigenvalue weighted by Gasteiger charge is -2.27. The molecule has 0 saturated carbocycles. The van der Waals surface area contributed by atoms with Gasteiger partial charge in [0.05, 0.1) is 0 Å². The predicted octanol–water partition coefficient (Wildman–Crippen LogP) is 3.77. The van der Waals surface area contributed by atoms with Gasteiger partial charge in [-0.3, -0.25) is 4.79 Å². The first-order chi connectivity index (χ1) is 9.13. The molecule has 0 radical (unpaired) electrons. The van der Waals surface area contributed by atoms with E-state index in [-0.39, 0.29) is 11.9 Å². The van der Waals surface area contributed by atoms with Crippen LogP contribution in [0, 0.1) is 0 Å². The first kappa shape index (κ1) is 15.5. The summed E-state index contributed by atoms with van der Waals surface area (Å²) in [5.41, 5.74) is 1.84. The summed E-state index contributed by atoms with van der Waals surface area (Å²) in [5, 5.41) is 3.31. The highest BCUT2D eigenvalue weighted by molar-refractivity contribution is 5.94. The topological polar surface area (TPSA) is 32.3 Å². The van der Waals surface area contributed by atoms with Crippen molar-refractivity contribution in [3.8, 4) is 0 Å². The summed E-state index contributed by atoms with van der Waals surface area (Å²) < 4.78 is 0. The Morgan fingerprint density at radius 3 is 2.32 bits per heavy atom. The van der Waals surface area contributed by atoms with Crippen molar-refractivity contribution in [2.75, 3.05) is 18.4 Å². The Balaban J connectivity index is 2.76. The van der Waals surface area contributed by atoms with Crippen LogP contribution < -0.4 is 5.32 Å². The van der Waals surface area contributed by atoms with Crippen LogP contribution in [0.1, 0.15) is 50.9 Å². The summed E-state index contributed by atoms with van der Waals surface area (Å²) in [6, 6.07) is 8.06. The highest BCUT2D eigenvalue weighted by atomic mass is 16.2. The van der Waals surface area contributed by atoms with Crippen LogP contribution >= 0.6 is 0 Å². The van der Waals surface area contributed by atoms with Gasteiger partial charge in [-0.2, -0.15) is 0 Å². The monoisotopic (exact) mass is 262 g/mol. The Morgan fingerprint density at radius 2 is 1.84 bits per heavy atom. The van der Waals surface area contributed by atoms with Crippen molar-refractivity contribution in [3.05, 3.63) is 29.8 Å². The van der Waals surface area contributed by atoms with Crippen LogP contribution in [0.5, 0.6) is 0 Å². The zero-order valence-electron chi connectivity index (χ0n) is 12.6. The van der Waals surface area contributed by atoms with Crippen molar-refractivity contribution < 1.29 is 4.79 Å². The van der Waals surface area contributed by atoms with Gasteiger partial charge in [-0.05, 0) is 51.0 Å². The molecule has 3 heteroatoms. The molecule has 106 valence electrons. The number of carbonyl (C=O) groups excluding carboxylic acids is 1. The number of rotatable bonds is 7. The minimum atomic E-state index is 0.124. The minimum Gasteiger partial charge on any atom is -0.385 e. The van der Waals surface area contributed by atoms with Crippen molar-refractivity contribution in [1.82, 2.24) is 4.90 Å². The van der Waals surface area contributed by atoms with Crippen molar-refractivity contribution >= 4 is 11.6 Å². The van der Waals surface area contributed by atoms with E-state index >= 15 is 0 Å². The average molecular weight is 262 g/mol. The maximum Gasteiger partial charge on any atom is 0.254 e. The highest BCUT2D eigenvalue weighted by Gasteiger charge is 2.18. The molecule has 1 amide bonds. The van der Waals surface area contributed by atoms with E-state index in [2.05, 4.69) is 26.1 Å². The Hall–Kier alpha value is -1.51. The lowest BCUT2D eigenvalue weighted by molar-refractivity contribution is 0.0700. The SMILES string of the molecule is CCCNc1ccc(C(=O)N(CC)C(C)CC)cc1. The molecular weight excluding hydrogens is 236 g/mol. The average Bonchev–Trinajstić information content (AvgIpc) is 2.46. The van der Waals surface area contributed by atoms with Crippen LogP contribution in [-0.2, 0) is 0 Å². The zero-order chi connectivity index (χ0) is 14.3. The molecule has 1 atom stereocenters. The minimum absolute atomic E-state index is 0.124. The molecule has 1 aromatic carbocycles. The van der Waals surface area contributed by atoms with Gasteiger partial charge in [-0.15, -0.1) is 0 Å². The third-order valence-corrected chi connectivity index (χ3v) is 3.44. The number of carbonyl (C=O) groups is 1. The highest BCUT2D eigenvalue weighted by Crippen LogP contribution is 2.14. The standard InChI is InChI=1S/C16H26N2O/c1-5-12-17-15-10-8-14(9-11-15)16(19)18(7-3)13(4)6-2/h8-11,13,17H,5-7,12H2,1-4H3. The van der Waals surface area contributed by atoms with Gasteiger partial charge in [0.25, 0.3) is 5.91 Å². The second kappa shape index (κ2) is 7.82. The Morgan fingerprint density at radius 1 is 1.21 bits per heavy atom. The summed E-state index contributed by atoms with van der Waals surface area (Å²) in [7, 11) is 0. The van der Waals surface area contributed by atoms with E-state index in [1.165, 1.54) is 0 Å². The molecule has 3 nitrogen and oxygen atoms in total. The van der Waals surface area contributed by atoms with Crippen LogP contribution in [0.25, 0.3) is 0 Å². The maximum absolute atomic E-state index is 12.4. The van der Waals surface area contributed by atoms with E-state index in [1.54, 1.807) is 0 Å². The molecule has 1 unspecified atom stereocenters. The predicted molar refractivity (Wildman–Crippen MR) is 81.7 cm³/mol. The van der Waals surface area contributed by atoms with E-state index in [0.29, 0.717) is 0 Å². The van der Waals surface area contributed by atoms with Crippen LogP contribution in [0.4, 0.5) is 5.69 Å². The molecule has 0 aliphatic rings. The molecule has 0 bridgehead atoms. The molecule has 0 fully saturated rings. The summed E-state index contributed by atoms with van der Waals surface area (Å²) in [5.74, 6) is 0.124. The van der Waals surface area contributed by atoms with Gasteiger partial charge >= 0.3 is 0 Å². The van der Waals surface area contributed by atoms with Crippen LogP contribution in [0.2, 0.25) is 0 Å². The second-order valence-corrected chi connectivity index (χ2v) is 4.85.